The third-order valence-corrected chi connectivity index (χ3v) is 10.4. The molecule has 0 aromatic carbocycles. The number of hydrogen-bond acceptors (Lipinski definition) is 6. The van der Waals surface area contributed by atoms with E-state index in [9.17, 15) is 18.9 Å². The zero-order chi connectivity index (χ0) is 26.9. The molecule has 5 rings (SSSR count). The summed E-state index contributed by atoms with van der Waals surface area (Å²) >= 11 is -0.807. The number of ether oxygens (including phenoxy) is 1. The van der Waals surface area contributed by atoms with E-state index in [1.807, 2.05) is 0 Å². The molecule has 208 valence electrons. The summed E-state index contributed by atoms with van der Waals surface area (Å²) in [5.74, 6) is 1.84. The Labute approximate surface area is 227 Å². The number of fused-ring (bicyclic) bond motifs is 2. The van der Waals surface area contributed by atoms with Gasteiger partial charge < -0.3 is 30.1 Å². The molecule has 4 heterocycles. The first-order chi connectivity index (χ1) is 18.3. The molecule has 4 aliphatic rings. The van der Waals surface area contributed by atoms with Crippen LogP contribution in [-0.2, 0) is 30.9 Å². The zero-order valence-corrected chi connectivity index (χ0v) is 23.1. The first-order valence-corrected chi connectivity index (χ1v) is 15.3. The summed E-state index contributed by atoms with van der Waals surface area (Å²) in [5.41, 5.74) is 0.906. The average Bonchev–Trinajstić information content (AvgIpc) is 3.17. The van der Waals surface area contributed by atoms with Crippen molar-refractivity contribution in [3.05, 3.63) is 17.8 Å². The van der Waals surface area contributed by atoms with Gasteiger partial charge in [-0.15, -0.1) is 0 Å². The van der Waals surface area contributed by atoms with Crippen molar-refractivity contribution >= 4 is 40.5 Å². The van der Waals surface area contributed by atoms with Crippen molar-refractivity contribution in [3.63, 3.8) is 0 Å². The summed E-state index contributed by atoms with van der Waals surface area (Å²) in [6, 6.07) is 0.756. The summed E-state index contributed by atoms with van der Waals surface area (Å²) in [4.78, 5) is 45.9. The maximum atomic E-state index is 13.6. The number of rotatable bonds is 5. The standard InChI is InChI=1S/C27H39N5O5S/c1-17-3-5-18(6-4-17)23(31-26(35)32(2)19-7-13-38(36)14-8-19)24(33)30-22-15-21-20(16-28-22)27(25(34)29-21)9-11-37-12-10-27/h15-19,23H,3-14H2,1-2H3,(H,29,34)(H,31,35)(H,28,30,33). The lowest BCUT2D eigenvalue weighted by Crippen LogP contribution is -2.55. The molecule has 4 amide bonds. The van der Waals surface area contributed by atoms with Gasteiger partial charge in [0.15, 0.2) is 0 Å². The maximum Gasteiger partial charge on any atom is 0.318 e. The molecule has 1 unspecified atom stereocenters. The highest BCUT2D eigenvalue weighted by atomic mass is 32.2. The number of nitrogens with one attached hydrogen (secondary N) is 3. The number of pyridine rings is 1. The van der Waals surface area contributed by atoms with Crippen LogP contribution in [0.25, 0.3) is 0 Å². The SMILES string of the molecule is CC1CCC(C(NC(=O)N(C)C2CC[S+]([O-])CC2)C(=O)Nc2cc3c(cn2)C2(CCOCC2)C(=O)N3)CC1. The molecule has 1 aromatic rings. The van der Waals surface area contributed by atoms with E-state index in [0.29, 0.717) is 67.8 Å². The van der Waals surface area contributed by atoms with Gasteiger partial charge in [-0.3, -0.25) is 9.59 Å². The second kappa shape index (κ2) is 11.4. The molecule has 3 aliphatic heterocycles. The van der Waals surface area contributed by atoms with Gasteiger partial charge in [0.2, 0.25) is 11.8 Å². The van der Waals surface area contributed by atoms with Gasteiger partial charge in [-0.25, -0.2) is 9.78 Å². The van der Waals surface area contributed by atoms with Gasteiger partial charge in [0.05, 0.1) is 11.1 Å². The zero-order valence-electron chi connectivity index (χ0n) is 22.3. The summed E-state index contributed by atoms with van der Waals surface area (Å²) < 4.78 is 17.2. The van der Waals surface area contributed by atoms with Crippen molar-refractivity contribution in [1.82, 2.24) is 15.2 Å². The van der Waals surface area contributed by atoms with Crippen molar-refractivity contribution in [2.24, 2.45) is 11.8 Å². The highest BCUT2D eigenvalue weighted by molar-refractivity contribution is 7.91. The third kappa shape index (κ3) is 5.51. The van der Waals surface area contributed by atoms with E-state index in [2.05, 4.69) is 27.9 Å². The van der Waals surface area contributed by atoms with Crippen LogP contribution < -0.4 is 16.0 Å². The van der Waals surface area contributed by atoms with E-state index in [0.717, 1.165) is 31.2 Å². The number of anilines is 2. The maximum absolute atomic E-state index is 13.6. The van der Waals surface area contributed by atoms with Gasteiger partial charge in [0, 0.05) is 57.0 Å². The largest absolute Gasteiger partial charge is 0.616 e. The monoisotopic (exact) mass is 545 g/mol. The first kappa shape index (κ1) is 27.2. The molecule has 1 saturated carbocycles. The molecule has 3 fully saturated rings. The molecular formula is C27H39N5O5S. The fourth-order valence-corrected chi connectivity index (χ4v) is 7.65. The average molecular weight is 546 g/mol. The van der Waals surface area contributed by atoms with Crippen LogP contribution in [0.1, 0.15) is 63.9 Å². The van der Waals surface area contributed by atoms with Crippen molar-refractivity contribution < 1.29 is 23.7 Å². The minimum atomic E-state index is -0.807. The Kier molecular flexibility index (Phi) is 8.16. The van der Waals surface area contributed by atoms with E-state index in [1.165, 1.54) is 0 Å². The lowest BCUT2D eigenvalue weighted by Gasteiger charge is -2.36. The van der Waals surface area contributed by atoms with Gasteiger partial charge in [-0.05, 0) is 37.5 Å². The van der Waals surface area contributed by atoms with Crippen molar-refractivity contribution in [2.75, 3.05) is 42.4 Å². The molecule has 10 nitrogen and oxygen atoms in total. The van der Waals surface area contributed by atoms with Crippen LogP contribution in [0.5, 0.6) is 0 Å². The summed E-state index contributed by atoms with van der Waals surface area (Å²) in [6.07, 6.45) is 8.07. The number of carbonyl (C=O) groups is 3. The van der Waals surface area contributed by atoms with Crippen molar-refractivity contribution in [2.45, 2.75) is 75.8 Å². The number of aromatic nitrogens is 1. The Morgan fingerprint density at radius 2 is 1.87 bits per heavy atom. The van der Waals surface area contributed by atoms with E-state index in [-0.39, 0.29) is 29.8 Å². The molecule has 2 saturated heterocycles. The number of urea groups is 1. The molecule has 1 atom stereocenters. The number of nitrogens with zero attached hydrogens (tertiary/aromatic N) is 2. The van der Waals surface area contributed by atoms with E-state index < -0.39 is 22.6 Å². The van der Waals surface area contributed by atoms with Crippen LogP contribution in [0, 0.1) is 11.8 Å². The third-order valence-electron chi connectivity index (χ3n) is 9.02. The van der Waals surface area contributed by atoms with Crippen LogP contribution in [0.4, 0.5) is 16.3 Å². The topological polar surface area (TPSA) is 136 Å². The molecule has 0 bridgehead atoms. The Morgan fingerprint density at radius 3 is 2.55 bits per heavy atom. The van der Waals surface area contributed by atoms with E-state index in [1.54, 1.807) is 24.2 Å². The number of carbonyl (C=O) groups excluding carboxylic acids is 3. The fourth-order valence-electron chi connectivity index (χ4n) is 6.38. The van der Waals surface area contributed by atoms with Gasteiger partial charge in [0.25, 0.3) is 0 Å². The molecule has 1 aliphatic carbocycles. The highest BCUT2D eigenvalue weighted by Crippen LogP contribution is 2.44. The molecule has 1 spiro atoms. The predicted molar refractivity (Wildman–Crippen MR) is 145 cm³/mol. The molecule has 0 radical (unpaired) electrons. The van der Waals surface area contributed by atoms with E-state index >= 15 is 0 Å². The number of hydrogen-bond donors (Lipinski definition) is 3. The van der Waals surface area contributed by atoms with Gasteiger partial charge >= 0.3 is 6.03 Å². The Morgan fingerprint density at radius 1 is 1.18 bits per heavy atom. The summed E-state index contributed by atoms with van der Waals surface area (Å²) in [5, 5.41) is 8.91. The smallest absolute Gasteiger partial charge is 0.318 e. The van der Waals surface area contributed by atoms with Crippen LogP contribution in [0.2, 0.25) is 0 Å². The minimum absolute atomic E-state index is 0.0160. The predicted octanol–water partition coefficient (Wildman–Crippen LogP) is 2.77. The lowest BCUT2D eigenvalue weighted by atomic mass is 9.76. The van der Waals surface area contributed by atoms with Gasteiger partial charge in [-0.2, -0.15) is 0 Å². The molecular weight excluding hydrogens is 506 g/mol. The molecule has 1 aromatic heterocycles. The fraction of sp³-hybridized carbons (Fsp3) is 0.704. The van der Waals surface area contributed by atoms with Crippen molar-refractivity contribution in [1.29, 1.82) is 0 Å². The quantitative estimate of drug-likeness (QED) is 0.487. The van der Waals surface area contributed by atoms with Gasteiger partial charge in [-0.1, -0.05) is 30.9 Å². The number of amides is 4. The van der Waals surface area contributed by atoms with Crippen molar-refractivity contribution in [3.8, 4) is 0 Å². The minimum Gasteiger partial charge on any atom is -0.616 e. The van der Waals surface area contributed by atoms with Crippen LogP contribution in [-0.4, -0.2) is 76.1 Å². The van der Waals surface area contributed by atoms with Gasteiger partial charge in [0.1, 0.15) is 23.4 Å². The molecule has 38 heavy (non-hydrogen) atoms. The normalized spacial score (nSPS) is 29.2. The second-order valence-corrected chi connectivity index (χ2v) is 13.1. The molecule has 3 N–H and O–H groups in total. The molecule has 11 heteroatoms. The second-order valence-electron chi connectivity index (χ2n) is 11.4. The first-order valence-electron chi connectivity index (χ1n) is 13.9. The van der Waals surface area contributed by atoms with Crippen LogP contribution in [0.15, 0.2) is 12.3 Å². The Balaban J connectivity index is 1.30. The summed E-state index contributed by atoms with van der Waals surface area (Å²) in [7, 11) is 1.75. The Hall–Kier alpha value is -2.37. The van der Waals surface area contributed by atoms with E-state index in [4.69, 9.17) is 4.74 Å². The Bertz CT molecular complexity index is 1050. The lowest BCUT2D eigenvalue weighted by molar-refractivity contribution is -0.124. The van der Waals surface area contributed by atoms with Crippen LogP contribution in [0.3, 0.4) is 0 Å². The summed E-state index contributed by atoms with van der Waals surface area (Å²) in [6.45, 7) is 3.28. The highest BCUT2D eigenvalue weighted by Gasteiger charge is 2.48. The van der Waals surface area contributed by atoms with Crippen LogP contribution >= 0.6 is 0 Å².